The summed E-state index contributed by atoms with van der Waals surface area (Å²) in [5.41, 5.74) is 1.30. The van der Waals surface area contributed by atoms with Gasteiger partial charge >= 0.3 is 0 Å². The molecule has 0 radical (unpaired) electrons. The highest BCUT2D eigenvalue weighted by atomic mass is 79.9. The number of hydrogen-bond donors (Lipinski definition) is 0. The standard InChI is InChI=1S/C13H13BrFN3O/c1-7-5-8(2)19-13-11(14)12(17-18(7)13)10-4-3-9(15)6-16-10/h3-4,6-8H,5H2,1-2H3/t7-,8-/m0/s1. The number of nitrogens with zero attached hydrogens (tertiary/aromatic N) is 3. The molecule has 19 heavy (non-hydrogen) atoms. The van der Waals surface area contributed by atoms with Crippen LogP contribution in [0.4, 0.5) is 4.39 Å². The van der Waals surface area contributed by atoms with Crippen molar-refractivity contribution in [3.05, 3.63) is 28.6 Å². The van der Waals surface area contributed by atoms with E-state index < -0.39 is 0 Å². The molecule has 0 aliphatic carbocycles. The summed E-state index contributed by atoms with van der Waals surface area (Å²) in [4.78, 5) is 4.06. The molecule has 0 bridgehead atoms. The van der Waals surface area contributed by atoms with Crippen molar-refractivity contribution in [3.63, 3.8) is 0 Å². The summed E-state index contributed by atoms with van der Waals surface area (Å²) in [6.45, 7) is 4.14. The van der Waals surface area contributed by atoms with E-state index in [4.69, 9.17) is 4.74 Å². The van der Waals surface area contributed by atoms with Crippen LogP contribution in [0.5, 0.6) is 5.88 Å². The van der Waals surface area contributed by atoms with Gasteiger partial charge in [-0.05, 0) is 41.9 Å². The maximum absolute atomic E-state index is 12.9. The Hall–Kier alpha value is -1.43. The van der Waals surface area contributed by atoms with Crippen LogP contribution in [0, 0.1) is 5.82 Å². The maximum atomic E-state index is 12.9. The molecule has 0 fully saturated rings. The van der Waals surface area contributed by atoms with Crippen LogP contribution >= 0.6 is 15.9 Å². The van der Waals surface area contributed by atoms with Gasteiger partial charge < -0.3 is 4.74 Å². The third-order valence-electron chi connectivity index (χ3n) is 3.18. The van der Waals surface area contributed by atoms with E-state index in [0.717, 1.165) is 10.9 Å². The molecule has 3 heterocycles. The van der Waals surface area contributed by atoms with Gasteiger partial charge in [-0.3, -0.25) is 4.98 Å². The van der Waals surface area contributed by atoms with Crippen molar-refractivity contribution in [1.82, 2.24) is 14.8 Å². The average Bonchev–Trinajstić information content (AvgIpc) is 2.69. The van der Waals surface area contributed by atoms with Crippen LogP contribution in [0.1, 0.15) is 26.3 Å². The van der Waals surface area contributed by atoms with Gasteiger partial charge in [0, 0.05) is 6.42 Å². The first-order valence-corrected chi connectivity index (χ1v) is 6.92. The largest absolute Gasteiger partial charge is 0.474 e. The number of halogens is 2. The Kier molecular flexibility index (Phi) is 3.05. The molecule has 0 amide bonds. The molecule has 0 aromatic carbocycles. The van der Waals surface area contributed by atoms with Crippen molar-refractivity contribution in [3.8, 4) is 17.3 Å². The fourth-order valence-corrected chi connectivity index (χ4v) is 2.86. The Bertz CT molecular complexity index is 611. The third-order valence-corrected chi connectivity index (χ3v) is 3.90. The highest BCUT2D eigenvalue weighted by Crippen LogP contribution is 2.40. The first-order valence-electron chi connectivity index (χ1n) is 6.13. The molecule has 100 valence electrons. The number of rotatable bonds is 1. The van der Waals surface area contributed by atoms with Gasteiger partial charge in [-0.25, -0.2) is 9.07 Å². The SMILES string of the molecule is C[C@H]1C[C@H](C)n2nc(-c3ccc(F)cn3)c(Br)c2O1. The van der Waals surface area contributed by atoms with Crippen molar-refractivity contribution in [2.75, 3.05) is 0 Å². The Morgan fingerprint density at radius 2 is 2.21 bits per heavy atom. The molecule has 3 rings (SSSR count). The molecule has 1 aliphatic rings. The summed E-state index contributed by atoms with van der Waals surface area (Å²) in [6.07, 6.45) is 2.26. The summed E-state index contributed by atoms with van der Waals surface area (Å²) >= 11 is 3.51. The molecule has 4 nitrogen and oxygen atoms in total. The monoisotopic (exact) mass is 325 g/mol. The zero-order valence-corrected chi connectivity index (χ0v) is 12.2. The van der Waals surface area contributed by atoms with Crippen LogP contribution in [0.3, 0.4) is 0 Å². The van der Waals surface area contributed by atoms with Crippen molar-refractivity contribution in [1.29, 1.82) is 0 Å². The van der Waals surface area contributed by atoms with Gasteiger partial charge in [-0.2, -0.15) is 5.10 Å². The topological polar surface area (TPSA) is 39.9 Å². The van der Waals surface area contributed by atoms with Gasteiger partial charge in [0.2, 0.25) is 5.88 Å². The van der Waals surface area contributed by atoms with Gasteiger partial charge in [0.15, 0.2) is 0 Å². The molecular formula is C13H13BrFN3O. The second-order valence-electron chi connectivity index (χ2n) is 4.79. The molecular weight excluding hydrogens is 313 g/mol. The van der Waals surface area contributed by atoms with E-state index >= 15 is 0 Å². The number of pyridine rings is 1. The zero-order chi connectivity index (χ0) is 13.6. The Balaban J connectivity index is 2.09. The minimum atomic E-state index is -0.359. The molecule has 2 atom stereocenters. The first kappa shape index (κ1) is 12.6. The van der Waals surface area contributed by atoms with Crippen LogP contribution in [0.25, 0.3) is 11.4 Å². The zero-order valence-electron chi connectivity index (χ0n) is 10.6. The minimum Gasteiger partial charge on any atom is -0.474 e. The van der Waals surface area contributed by atoms with Crippen molar-refractivity contribution >= 4 is 15.9 Å². The van der Waals surface area contributed by atoms with E-state index in [1.165, 1.54) is 12.3 Å². The maximum Gasteiger partial charge on any atom is 0.227 e. The fourth-order valence-electron chi connectivity index (χ4n) is 2.30. The van der Waals surface area contributed by atoms with Gasteiger partial charge in [0.05, 0.1) is 24.0 Å². The van der Waals surface area contributed by atoms with Crippen molar-refractivity contribution in [2.45, 2.75) is 32.4 Å². The third kappa shape index (κ3) is 2.14. The lowest BCUT2D eigenvalue weighted by Crippen LogP contribution is -2.26. The lowest BCUT2D eigenvalue weighted by Gasteiger charge is -2.26. The van der Waals surface area contributed by atoms with E-state index in [-0.39, 0.29) is 18.0 Å². The molecule has 0 saturated carbocycles. The summed E-state index contributed by atoms with van der Waals surface area (Å²) in [5.74, 6) is 0.356. The highest BCUT2D eigenvalue weighted by Gasteiger charge is 2.28. The van der Waals surface area contributed by atoms with E-state index in [9.17, 15) is 4.39 Å². The minimum absolute atomic E-state index is 0.157. The molecule has 0 spiro atoms. The van der Waals surface area contributed by atoms with Crippen LogP contribution in [-0.2, 0) is 0 Å². The van der Waals surface area contributed by atoms with Crippen molar-refractivity contribution in [2.24, 2.45) is 0 Å². The Labute approximate surface area is 118 Å². The molecule has 0 unspecified atom stereocenters. The average molecular weight is 326 g/mol. The predicted octanol–water partition coefficient (Wildman–Crippen LogP) is 3.58. The van der Waals surface area contributed by atoms with Gasteiger partial charge in [-0.15, -0.1) is 0 Å². The number of ether oxygens (including phenoxy) is 1. The number of hydrogen-bond acceptors (Lipinski definition) is 3. The van der Waals surface area contributed by atoms with Crippen LogP contribution in [0.2, 0.25) is 0 Å². The molecule has 6 heteroatoms. The van der Waals surface area contributed by atoms with E-state index in [1.807, 2.05) is 11.6 Å². The highest BCUT2D eigenvalue weighted by molar-refractivity contribution is 9.10. The number of fused-ring (bicyclic) bond motifs is 1. The molecule has 0 N–H and O–H groups in total. The molecule has 2 aromatic rings. The fraction of sp³-hybridized carbons (Fsp3) is 0.385. The summed E-state index contributed by atoms with van der Waals surface area (Å²) < 4.78 is 21.3. The van der Waals surface area contributed by atoms with E-state index in [1.54, 1.807) is 6.07 Å². The first-order chi connectivity index (χ1) is 9.06. The quantitative estimate of drug-likeness (QED) is 0.804. The normalized spacial score (nSPS) is 21.9. The Morgan fingerprint density at radius 3 is 2.89 bits per heavy atom. The summed E-state index contributed by atoms with van der Waals surface area (Å²) in [5, 5.41) is 4.53. The van der Waals surface area contributed by atoms with Crippen LogP contribution in [-0.4, -0.2) is 20.9 Å². The van der Waals surface area contributed by atoms with E-state index in [2.05, 4.69) is 32.9 Å². The van der Waals surface area contributed by atoms with Crippen LogP contribution in [0.15, 0.2) is 22.8 Å². The van der Waals surface area contributed by atoms with Gasteiger partial charge in [-0.1, -0.05) is 0 Å². The molecule has 1 aliphatic heterocycles. The van der Waals surface area contributed by atoms with Crippen molar-refractivity contribution < 1.29 is 9.13 Å². The van der Waals surface area contributed by atoms with Gasteiger partial charge in [0.1, 0.15) is 16.0 Å². The lowest BCUT2D eigenvalue weighted by atomic mass is 10.1. The lowest BCUT2D eigenvalue weighted by molar-refractivity contribution is 0.125. The second kappa shape index (κ2) is 4.59. The summed E-state index contributed by atoms with van der Waals surface area (Å²) in [7, 11) is 0. The summed E-state index contributed by atoms with van der Waals surface area (Å²) in [6, 6.07) is 3.26. The van der Waals surface area contributed by atoms with Crippen LogP contribution < -0.4 is 4.74 Å². The Morgan fingerprint density at radius 1 is 1.42 bits per heavy atom. The van der Waals surface area contributed by atoms with E-state index in [0.29, 0.717) is 17.3 Å². The molecule has 2 aromatic heterocycles. The predicted molar refractivity (Wildman–Crippen MR) is 72.5 cm³/mol. The molecule has 0 saturated heterocycles. The number of aromatic nitrogens is 3. The van der Waals surface area contributed by atoms with Gasteiger partial charge in [0.25, 0.3) is 0 Å². The smallest absolute Gasteiger partial charge is 0.227 e. The second-order valence-corrected chi connectivity index (χ2v) is 5.58.